The van der Waals surface area contributed by atoms with Crippen molar-refractivity contribution in [3.05, 3.63) is 64.1 Å². The Labute approximate surface area is 119 Å². The summed E-state index contributed by atoms with van der Waals surface area (Å²) in [5.41, 5.74) is 1.29. The van der Waals surface area contributed by atoms with Gasteiger partial charge in [0.15, 0.2) is 0 Å². The molecule has 0 aliphatic rings. The molecule has 0 aliphatic heterocycles. The summed E-state index contributed by atoms with van der Waals surface area (Å²) in [7, 11) is 1.68. The smallest absolute Gasteiger partial charge is 0.254 e. The van der Waals surface area contributed by atoms with Crippen molar-refractivity contribution in [2.45, 2.75) is 6.54 Å². The lowest BCUT2D eigenvalue weighted by Gasteiger charge is -2.18. The molecule has 98 valence electrons. The molecular weight excluding hydrogens is 311 g/mol. The first-order chi connectivity index (χ1) is 9.08. The van der Waals surface area contributed by atoms with Gasteiger partial charge < -0.3 is 4.90 Å². The van der Waals surface area contributed by atoms with E-state index >= 15 is 0 Å². The lowest BCUT2D eigenvalue weighted by atomic mass is 10.2. The van der Waals surface area contributed by atoms with E-state index in [1.807, 2.05) is 24.3 Å². The summed E-state index contributed by atoms with van der Waals surface area (Å²) in [5.74, 6) is -0.891. The van der Waals surface area contributed by atoms with Crippen LogP contribution < -0.4 is 0 Å². The standard InChI is InChI=1S/C14H12BrFN2O/c1-18(9-11-4-2-3-5-12(11)15)14(19)10-6-7-17-13(16)8-10/h2-8H,9H2,1H3. The van der Waals surface area contributed by atoms with Gasteiger partial charge in [-0.3, -0.25) is 4.79 Å². The normalized spacial score (nSPS) is 10.3. The van der Waals surface area contributed by atoms with Gasteiger partial charge in [-0.25, -0.2) is 4.98 Å². The van der Waals surface area contributed by atoms with E-state index < -0.39 is 5.95 Å². The third-order valence-corrected chi connectivity index (χ3v) is 3.46. The van der Waals surface area contributed by atoms with Gasteiger partial charge in [-0.2, -0.15) is 4.39 Å². The average molecular weight is 323 g/mol. The van der Waals surface area contributed by atoms with Gasteiger partial charge in [0.2, 0.25) is 5.95 Å². The molecule has 19 heavy (non-hydrogen) atoms. The van der Waals surface area contributed by atoms with Crippen LogP contribution in [0.3, 0.4) is 0 Å². The van der Waals surface area contributed by atoms with E-state index in [-0.39, 0.29) is 5.91 Å². The predicted molar refractivity (Wildman–Crippen MR) is 74.1 cm³/mol. The summed E-state index contributed by atoms with van der Waals surface area (Å²) in [6.45, 7) is 0.449. The number of hydrogen-bond acceptors (Lipinski definition) is 2. The molecule has 0 saturated heterocycles. The summed E-state index contributed by atoms with van der Waals surface area (Å²) in [6, 6.07) is 10.3. The molecule has 0 bridgehead atoms. The van der Waals surface area contributed by atoms with E-state index in [9.17, 15) is 9.18 Å². The van der Waals surface area contributed by atoms with Crippen molar-refractivity contribution in [1.29, 1.82) is 0 Å². The van der Waals surface area contributed by atoms with E-state index in [4.69, 9.17) is 0 Å². The van der Waals surface area contributed by atoms with E-state index in [0.717, 1.165) is 16.1 Å². The second-order valence-electron chi connectivity index (χ2n) is 4.12. The van der Waals surface area contributed by atoms with Crippen LogP contribution in [0, 0.1) is 5.95 Å². The number of hydrogen-bond donors (Lipinski definition) is 0. The molecule has 0 radical (unpaired) electrons. The number of halogens is 2. The van der Waals surface area contributed by atoms with Gasteiger partial charge in [0.25, 0.3) is 5.91 Å². The monoisotopic (exact) mass is 322 g/mol. The Bertz CT molecular complexity index is 604. The Kier molecular flexibility index (Phi) is 4.27. The van der Waals surface area contributed by atoms with Crippen LogP contribution in [0.2, 0.25) is 0 Å². The molecule has 3 nitrogen and oxygen atoms in total. The number of rotatable bonds is 3. The van der Waals surface area contributed by atoms with Crippen LogP contribution in [0.25, 0.3) is 0 Å². The maximum Gasteiger partial charge on any atom is 0.254 e. The van der Waals surface area contributed by atoms with Gasteiger partial charge in [0.05, 0.1) is 0 Å². The molecule has 1 aromatic heterocycles. The fourth-order valence-corrected chi connectivity index (χ4v) is 2.12. The summed E-state index contributed by atoms with van der Waals surface area (Å²) < 4.78 is 13.9. The van der Waals surface area contributed by atoms with Crippen molar-refractivity contribution in [3.63, 3.8) is 0 Å². The molecule has 1 heterocycles. The van der Waals surface area contributed by atoms with Crippen LogP contribution >= 0.6 is 15.9 Å². The fraction of sp³-hybridized carbons (Fsp3) is 0.143. The third kappa shape index (κ3) is 3.38. The quantitative estimate of drug-likeness (QED) is 0.813. The van der Waals surface area contributed by atoms with Crippen LogP contribution in [0.1, 0.15) is 15.9 Å². The largest absolute Gasteiger partial charge is 0.337 e. The highest BCUT2D eigenvalue weighted by Gasteiger charge is 2.13. The van der Waals surface area contributed by atoms with Gasteiger partial charge in [-0.05, 0) is 17.7 Å². The van der Waals surface area contributed by atoms with Crippen molar-refractivity contribution >= 4 is 21.8 Å². The van der Waals surface area contributed by atoms with Gasteiger partial charge in [0.1, 0.15) is 0 Å². The number of aromatic nitrogens is 1. The number of carbonyl (C=O) groups excluding carboxylic acids is 1. The molecule has 5 heteroatoms. The van der Waals surface area contributed by atoms with Crippen LogP contribution in [-0.2, 0) is 6.54 Å². The Balaban J connectivity index is 2.14. The molecule has 0 spiro atoms. The number of carbonyl (C=O) groups is 1. The average Bonchev–Trinajstić information content (AvgIpc) is 2.40. The van der Waals surface area contributed by atoms with Crippen LogP contribution in [0.5, 0.6) is 0 Å². The molecule has 1 amide bonds. The maximum atomic E-state index is 13.0. The summed E-state index contributed by atoms with van der Waals surface area (Å²) in [6.07, 6.45) is 1.29. The lowest BCUT2D eigenvalue weighted by molar-refractivity contribution is 0.0784. The molecule has 0 saturated carbocycles. The van der Waals surface area contributed by atoms with Gasteiger partial charge >= 0.3 is 0 Å². The number of amides is 1. The van der Waals surface area contributed by atoms with Crippen LogP contribution in [-0.4, -0.2) is 22.8 Å². The number of benzene rings is 1. The first-order valence-electron chi connectivity index (χ1n) is 5.68. The van der Waals surface area contributed by atoms with Crippen LogP contribution in [0.15, 0.2) is 47.1 Å². The number of pyridine rings is 1. The van der Waals surface area contributed by atoms with Crippen molar-refractivity contribution in [1.82, 2.24) is 9.88 Å². The fourth-order valence-electron chi connectivity index (χ4n) is 1.71. The van der Waals surface area contributed by atoms with Crippen molar-refractivity contribution < 1.29 is 9.18 Å². The Morgan fingerprint density at radius 1 is 1.37 bits per heavy atom. The SMILES string of the molecule is CN(Cc1ccccc1Br)C(=O)c1ccnc(F)c1. The summed E-state index contributed by atoms with van der Waals surface area (Å²) in [4.78, 5) is 17.1. The highest BCUT2D eigenvalue weighted by molar-refractivity contribution is 9.10. The first kappa shape index (κ1) is 13.7. The summed E-state index contributed by atoms with van der Waals surface area (Å²) in [5, 5.41) is 0. The predicted octanol–water partition coefficient (Wildman–Crippen LogP) is 3.26. The molecule has 0 fully saturated rings. The second kappa shape index (κ2) is 5.93. The highest BCUT2D eigenvalue weighted by atomic mass is 79.9. The van der Waals surface area contributed by atoms with Crippen LogP contribution in [0.4, 0.5) is 4.39 Å². The Morgan fingerprint density at radius 3 is 2.79 bits per heavy atom. The number of nitrogens with zero attached hydrogens (tertiary/aromatic N) is 2. The zero-order valence-corrected chi connectivity index (χ0v) is 11.9. The zero-order valence-electron chi connectivity index (χ0n) is 10.3. The second-order valence-corrected chi connectivity index (χ2v) is 4.97. The minimum absolute atomic E-state index is 0.239. The third-order valence-electron chi connectivity index (χ3n) is 2.69. The highest BCUT2D eigenvalue weighted by Crippen LogP contribution is 2.18. The van der Waals surface area contributed by atoms with Gasteiger partial charge in [-0.15, -0.1) is 0 Å². The Morgan fingerprint density at radius 2 is 2.11 bits per heavy atom. The Hall–Kier alpha value is -1.75. The molecular formula is C14H12BrFN2O. The van der Waals surface area contributed by atoms with E-state index in [0.29, 0.717) is 12.1 Å². The van der Waals surface area contributed by atoms with Gasteiger partial charge in [-0.1, -0.05) is 34.1 Å². The van der Waals surface area contributed by atoms with E-state index in [2.05, 4.69) is 20.9 Å². The molecule has 0 aliphatic carbocycles. The molecule has 0 atom stereocenters. The molecule has 2 rings (SSSR count). The topological polar surface area (TPSA) is 33.2 Å². The van der Waals surface area contributed by atoms with Gasteiger partial charge in [0, 0.05) is 35.9 Å². The zero-order chi connectivity index (χ0) is 13.8. The maximum absolute atomic E-state index is 13.0. The van der Waals surface area contributed by atoms with E-state index in [1.54, 1.807) is 7.05 Å². The van der Waals surface area contributed by atoms with E-state index in [1.165, 1.54) is 17.2 Å². The first-order valence-corrected chi connectivity index (χ1v) is 6.47. The molecule has 0 N–H and O–H groups in total. The van der Waals surface area contributed by atoms with Crippen molar-refractivity contribution in [3.8, 4) is 0 Å². The minimum Gasteiger partial charge on any atom is -0.337 e. The minimum atomic E-state index is -0.653. The molecule has 0 unspecified atom stereocenters. The molecule has 2 aromatic rings. The summed E-state index contributed by atoms with van der Waals surface area (Å²) >= 11 is 3.43. The van der Waals surface area contributed by atoms with Crippen molar-refractivity contribution in [2.75, 3.05) is 7.05 Å². The molecule has 1 aromatic carbocycles. The van der Waals surface area contributed by atoms with Crippen molar-refractivity contribution in [2.24, 2.45) is 0 Å². The lowest BCUT2D eigenvalue weighted by Crippen LogP contribution is -2.26.